The van der Waals surface area contributed by atoms with Gasteiger partial charge in [-0.1, -0.05) is 19.9 Å². The molecule has 0 aromatic heterocycles. The number of nitrogens with one attached hydrogen (secondary N) is 1. The minimum absolute atomic E-state index is 0.278. The molecule has 18 heavy (non-hydrogen) atoms. The van der Waals surface area contributed by atoms with Gasteiger partial charge in [0.15, 0.2) is 0 Å². The highest BCUT2D eigenvalue weighted by molar-refractivity contribution is 9.10. The topological polar surface area (TPSA) is 32.3 Å². The van der Waals surface area contributed by atoms with Crippen LogP contribution in [0.5, 0.6) is 0 Å². The maximum absolute atomic E-state index is 13.1. The molecule has 102 valence electrons. The molecule has 0 radical (unpaired) electrons. The number of halogens is 2. The molecule has 0 fully saturated rings. The van der Waals surface area contributed by atoms with E-state index in [2.05, 4.69) is 35.1 Å². The fourth-order valence-corrected chi connectivity index (χ4v) is 2.23. The molecule has 0 saturated heterocycles. The smallest absolute Gasteiger partial charge is 0.137 e. The van der Waals surface area contributed by atoms with Gasteiger partial charge in [-0.15, -0.1) is 0 Å². The Morgan fingerprint density at radius 3 is 2.67 bits per heavy atom. The molecule has 1 rings (SSSR count). The van der Waals surface area contributed by atoms with E-state index < -0.39 is 5.60 Å². The van der Waals surface area contributed by atoms with Gasteiger partial charge < -0.3 is 10.4 Å². The van der Waals surface area contributed by atoms with Crippen LogP contribution in [0.25, 0.3) is 0 Å². The maximum atomic E-state index is 13.1. The molecule has 0 saturated carbocycles. The highest BCUT2D eigenvalue weighted by atomic mass is 79.9. The molecule has 0 heterocycles. The number of hydrogen-bond acceptors (Lipinski definition) is 2. The quantitative estimate of drug-likeness (QED) is 0.844. The van der Waals surface area contributed by atoms with Crippen molar-refractivity contribution < 1.29 is 9.50 Å². The first-order chi connectivity index (χ1) is 8.30. The summed E-state index contributed by atoms with van der Waals surface area (Å²) >= 11 is 3.16. The molecule has 1 unspecified atom stereocenters. The Bertz CT molecular complexity index is 393. The van der Waals surface area contributed by atoms with Crippen molar-refractivity contribution in [3.05, 3.63) is 34.1 Å². The van der Waals surface area contributed by atoms with Crippen LogP contribution < -0.4 is 5.32 Å². The summed E-state index contributed by atoms with van der Waals surface area (Å²) in [7, 11) is 0. The van der Waals surface area contributed by atoms with Crippen LogP contribution in [0, 0.1) is 5.82 Å². The SMILES string of the molecule is CC(C)NCCC(C)(O)Cc1ccc(F)c(Br)c1. The molecule has 0 aliphatic carbocycles. The summed E-state index contributed by atoms with van der Waals surface area (Å²) < 4.78 is 13.5. The Kier molecular flexibility index (Phi) is 5.76. The van der Waals surface area contributed by atoms with Crippen LogP contribution in [0.1, 0.15) is 32.8 Å². The third kappa shape index (κ3) is 5.46. The van der Waals surface area contributed by atoms with Gasteiger partial charge in [-0.2, -0.15) is 0 Å². The fraction of sp³-hybridized carbons (Fsp3) is 0.571. The highest BCUT2D eigenvalue weighted by Gasteiger charge is 2.21. The van der Waals surface area contributed by atoms with Crippen molar-refractivity contribution in [1.29, 1.82) is 0 Å². The molecule has 0 bridgehead atoms. The lowest BCUT2D eigenvalue weighted by molar-refractivity contribution is 0.0510. The second kappa shape index (κ2) is 6.64. The first-order valence-electron chi connectivity index (χ1n) is 6.20. The van der Waals surface area contributed by atoms with Crippen LogP contribution >= 0.6 is 15.9 Å². The summed E-state index contributed by atoms with van der Waals surface area (Å²) in [5.74, 6) is -0.278. The van der Waals surface area contributed by atoms with Crippen LogP contribution in [-0.4, -0.2) is 23.3 Å². The van der Waals surface area contributed by atoms with E-state index >= 15 is 0 Å². The van der Waals surface area contributed by atoms with E-state index in [0.29, 0.717) is 23.4 Å². The number of rotatable bonds is 6. The second-order valence-electron chi connectivity index (χ2n) is 5.28. The van der Waals surface area contributed by atoms with Crippen LogP contribution in [-0.2, 0) is 6.42 Å². The summed E-state index contributed by atoms with van der Waals surface area (Å²) in [6, 6.07) is 5.27. The summed E-state index contributed by atoms with van der Waals surface area (Å²) in [5.41, 5.74) is 0.150. The van der Waals surface area contributed by atoms with Crippen molar-refractivity contribution >= 4 is 15.9 Å². The van der Waals surface area contributed by atoms with E-state index in [4.69, 9.17) is 0 Å². The predicted molar refractivity (Wildman–Crippen MR) is 76.2 cm³/mol. The number of benzene rings is 1. The van der Waals surface area contributed by atoms with Crippen molar-refractivity contribution in [2.24, 2.45) is 0 Å². The highest BCUT2D eigenvalue weighted by Crippen LogP contribution is 2.21. The lowest BCUT2D eigenvalue weighted by Crippen LogP contribution is -2.34. The minimum Gasteiger partial charge on any atom is -0.390 e. The summed E-state index contributed by atoms with van der Waals surface area (Å²) in [5, 5.41) is 13.6. The third-order valence-electron chi connectivity index (χ3n) is 2.79. The van der Waals surface area contributed by atoms with Crippen LogP contribution in [0.15, 0.2) is 22.7 Å². The Morgan fingerprint density at radius 2 is 2.11 bits per heavy atom. The van der Waals surface area contributed by atoms with Gasteiger partial charge in [0.05, 0.1) is 10.1 Å². The molecule has 0 aliphatic heterocycles. The maximum Gasteiger partial charge on any atom is 0.137 e. The van der Waals surface area contributed by atoms with Gasteiger partial charge >= 0.3 is 0 Å². The predicted octanol–water partition coefficient (Wildman–Crippen LogP) is 3.27. The summed E-state index contributed by atoms with van der Waals surface area (Å²) in [6.07, 6.45) is 1.19. The molecule has 0 amide bonds. The van der Waals surface area contributed by atoms with Crippen molar-refractivity contribution in [3.8, 4) is 0 Å². The fourth-order valence-electron chi connectivity index (χ4n) is 1.81. The van der Waals surface area contributed by atoms with E-state index in [-0.39, 0.29) is 5.82 Å². The lowest BCUT2D eigenvalue weighted by atomic mass is 9.93. The molecule has 2 N–H and O–H groups in total. The number of aliphatic hydroxyl groups is 1. The van der Waals surface area contributed by atoms with Crippen LogP contribution in [0.3, 0.4) is 0 Å². The summed E-state index contributed by atoms with van der Waals surface area (Å²) in [6.45, 7) is 6.73. The molecule has 1 aromatic carbocycles. The second-order valence-corrected chi connectivity index (χ2v) is 6.14. The molecule has 0 spiro atoms. The lowest BCUT2D eigenvalue weighted by Gasteiger charge is -2.24. The van der Waals surface area contributed by atoms with Crippen molar-refractivity contribution in [2.75, 3.05) is 6.54 Å². The Morgan fingerprint density at radius 1 is 1.44 bits per heavy atom. The van der Waals surface area contributed by atoms with Gasteiger partial charge in [0.1, 0.15) is 5.82 Å². The van der Waals surface area contributed by atoms with Crippen LogP contribution in [0.2, 0.25) is 0 Å². The zero-order valence-corrected chi connectivity index (χ0v) is 12.7. The van der Waals surface area contributed by atoms with Crippen molar-refractivity contribution in [1.82, 2.24) is 5.32 Å². The molecular formula is C14H21BrFNO. The standard InChI is InChI=1S/C14H21BrFNO/c1-10(2)17-7-6-14(3,18)9-11-4-5-13(16)12(15)8-11/h4-5,8,10,17-18H,6-7,9H2,1-3H3. The van der Waals surface area contributed by atoms with Crippen LogP contribution in [0.4, 0.5) is 4.39 Å². The number of hydrogen-bond donors (Lipinski definition) is 2. The average Bonchev–Trinajstić information content (AvgIpc) is 2.22. The van der Waals surface area contributed by atoms with Gasteiger partial charge in [-0.25, -0.2) is 4.39 Å². The molecule has 2 nitrogen and oxygen atoms in total. The molecular weight excluding hydrogens is 297 g/mol. The average molecular weight is 318 g/mol. The first-order valence-corrected chi connectivity index (χ1v) is 6.99. The Balaban J connectivity index is 2.55. The van der Waals surface area contributed by atoms with E-state index in [9.17, 15) is 9.50 Å². The molecule has 4 heteroatoms. The zero-order chi connectivity index (χ0) is 13.8. The third-order valence-corrected chi connectivity index (χ3v) is 3.39. The normalized spacial score (nSPS) is 14.8. The molecule has 1 atom stereocenters. The summed E-state index contributed by atoms with van der Waals surface area (Å²) in [4.78, 5) is 0. The van der Waals surface area contributed by atoms with E-state index in [1.807, 2.05) is 6.92 Å². The van der Waals surface area contributed by atoms with Gasteiger partial charge in [0.25, 0.3) is 0 Å². The Hall–Kier alpha value is -0.450. The first kappa shape index (κ1) is 15.6. The van der Waals surface area contributed by atoms with Gasteiger partial charge in [0.2, 0.25) is 0 Å². The van der Waals surface area contributed by atoms with Gasteiger partial charge in [-0.05, 0) is 53.5 Å². The zero-order valence-electron chi connectivity index (χ0n) is 11.1. The van der Waals surface area contributed by atoms with E-state index in [1.165, 1.54) is 6.07 Å². The van der Waals surface area contributed by atoms with Crippen molar-refractivity contribution in [3.63, 3.8) is 0 Å². The minimum atomic E-state index is -0.779. The van der Waals surface area contributed by atoms with E-state index in [1.54, 1.807) is 12.1 Å². The van der Waals surface area contributed by atoms with Gasteiger partial charge in [-0.3, -0.25) is 0 Å². The van der Waals surface area contributed by atoms with Crippen molar-refractivity contribution in [2.45, 2.75) is 45.3 Å². The largest absolute Gasteiger partial charge is 0.390 e. The van der Waals surface area contributed by atoms with Gasteiger partial charge in [0, 0.05) is 12.5 Å². The monoisotopic (exact) mass is 317 g/mol. The van der Waals surface area contributed by atoms with E-state index in [0.717, 1.165) is 12.1 Å². The molecule has 1 aromatic rings. The molecule has 0 aliphatic rings. The Labute approximate surface area is 117 Å².